The van der Waals surface area contributed by atoms with Crippen molar-refractivity contribution in [2.75, 3.05) is 0 Å². The van der Waals surface area contributed by atoms with Gasteiger partial charge in [-0.2, -0.15) is 5.26 Å². The lowest BCUT2D eigenvalue weighted by atomic mass is 10.0. The highest BCUT2D eigenvalue weighted by Crippen LogP contribution is 2.21. The van der Waals surface area contributed by atoms with Crippen LogP contribution in [0.25, 0.3) is 11.6 Å². The zero-order chi connectivity index (χ0) is 21.5. The van der Waals surface area contributed by atoms with Crippen LogP contribution in [0.4, 0.5) is 5.69 Å². The van der Waals surface area contributed by atoms with Crippen LogP contribution < -0.4 is 4.74 Å². The minimum absolute atomic E-state index is 0.0111. The first-order valence-electron chi connectivity index (χ1n) is 8.88. The Morgan fingerprint density at radius 3 is 2.33 bits per heavy atom. The van der Waals surface area contributed by atoms with Crippen LogP contribution in [-0.2, 0) is 6.61 Å². The molecule has 0 unspecified atom stereocenters. The summed E-state index contributed by atoms with van der Waals surface area (Å²) in [6.45, 7) is 0.191. The second-order valence-corrected chi connectivity index (χ2v) is 6.34. The van der Waals surface area contributed by atoms with Crippen LogP contribution in [0.2, 0.25) is 0 Å². The van der Waals surface area contributed by atoms with Gasteiger partial charge in [0, 0.05) is 12.1 Å². The van der Waals surface area contributed by atoms with Crippen LogP contribution in [0.3, 0.4) is 0 Å². The maximum atomic E-state index is 10.9. The Morgan fingerprint density at radius 2 is 1.73 bits per heavy atom. The molecule has 0 aliphatic rings. The average molecular weight is 400 g/mol. The molecule has 0 aliphatic carbocycles. The molecule has 30 heavy (non-hydrogen) atoms. The number of aromatic carboxylic acids is 1. The Morgan fingerprint density at radius 1 is 1.07 bits per heavy atom. The van der Waals surface area contributed by atoms with Gasteiger partial charge in [0.05, 0.1) is 22.1 Å². The maximum Gasteiger partial charge on any atom is 0.335 e. The molecule has 7 nitrogen and oxygen atoms in total. The third-order valence-electron chi connectivity index (χ3n) is 4.28. The van der Waals surface area contributed by atoms with E-state index in [9.17, 15) is 20.2 Å². The molecule has 0 radical (unpaired) electrons. The molecule has 0 spiro atoms. The van der Waals surface area contributed by atoms with E-state index in [-0.39, 0.29) is 17.9 Å². The minimum Gasteiger partial charge on any atom is -0.489 e. The van der Waals surface area contributed by atoms with Crippen LogP contribution in [0.5, 0.6) is 5.75 Å². The van der Waals surface area contributed by atoms with Gasteiger partial charge in [-0.15, -0.1) is 0 Å². The largest absolute Gasteiger partial charge is 0.489 e. The van der Waals surface area contributed by atoms with Crippen molar-refractivity contribution in [2.24, 2.45) is 0 Å². The third kappa shape index (κ3) is 5.09. The van der Waals surface area contributed by atoms with Gasteiger partial charge in [-0.3, -0.25) is 10.1 Å². The van der Waals surface area contributed by atoms with Crippen LogP contribution in [0.15, 0.2) is 72.8 Å². The summed E-state index contributed by atoms with van der Waals surface area (Å²) in [6.07, 6.45) is 1.69. The summed E-state index contributed by atoms with van der Waals surface area (Å²) < 4.78 is 5.67. The Balaban J connectivity index is 1.70. The quantitative estimate of drug-likeness (QED) is 0.260. The summed E-state index contributed by atoms with van der Waals surface area (Å²) in [6, 6.07) is 21.5. The summed E-state index contributed by atoms with van der Waals surface area (Å²) in [7, 11) is 0. The lowest BCUT2D eigenvalue weighted by Crippen LogP contribution is -1.97. The summed E-state index contributed by atoms with van der Waals surface area (Å²) in [4.78, 5) is 21.3. The molecule has 0 heterocycles. The van der Waals surface area contributed by atoms with Crippen LogP contribution in [-0.4, -0.2) is 16.0 Å². The number of non-ortho nitro benzene ring substituents is 1. The van der Waals surface area contributed by atoms with Gasteiger partial charge in [-0.25, -0.2) is 4.79 Å². The molecular weight excluding hydrogens is 384 g/mol. The number of benzene rings is 3. The second-order valence-electron chi connectivity index (χ2n) is 6.34. The number of nitrogens with zero attached hydrogens (tertiary/aromatic N) is 2. The standard InChI is InChI=1S/C23H16N2O5/c24-14-20(18-6-8-19(9-7-18)23(26)27)12-16-4-10-22(11-5-16)30-15-17-2-1-3-21(13-17)25(28)29/h1-13H,15H2,(H,26,27). The zero-order valence-corrected chi connectivity index (χ0v) is 15.7. The fourth-order valence-corrected chi connectivity index (χ4v) is 2.73. The van der Waals surface area contributed by atoms with Gasteiger partial charge in [0.15, 0.2) is 0 Å². The van der Waals surface area contributed by atoms with Gasteiger partial charge in [0.1, 0.15) is 12.4 Å². The average Bonchev–Trinajstić information content (AvgIpc) is 2.77. The lowest BCUT2D eigenvalue weighted by molar-refractivity contribution is -0.384. The highest BCUT2D eigenvalue weighted by atomic mass is 16.6. The molecule has 3 aromatic carbocycles. The maximum absolute atomic E-state index is 10.9. The number of nitro groups is 1. The molecule has 3 rings (SSSR count). The van der Waals surface area contributed by atoms with E-state index in [0.29, 0.717) is 22.4 Å². The molecule has 3 aromatic rings. The Labute approximate surface area is 172 Å². The van der Waals surface area contributed by atoms with Gasteiger partial charge in [-0.1, -0.05) is 36.4 Å². The van der Waals surface area contributed by atoms with Crippen molar-refractivity contribution >= 4 is 23.3 Å². The minimum atomic E-state index is -1.02. The number of hydrogen-bond acceptors (Lipinski definition) is 5. The summed E-state index contributed by atoms with van der Waals surface area (Å²) >= 11 is 0. The highest BCUT2D eigenvalue weighted by Gasteiger charge is 2.07. The van der Waals surface area contributed by atoms with Crippen molar-refractivity contribution in [3.63, 3.8) is 0 Å². The van der Waals surface area contributed by atoms with Crippen molar-refractivity contribution in [1.29, 1.82) is 5.26 Å². The van der Waals surface area contributed by atoms with Crippen molar-refractivity contribution in [1.82, 2.24) is 0 Å². The molecule has 0 bridgehead atoms. The van der Waals surface area contributed by atoms with Gasteiger partial charge in [0.25, 0.3) is 5.69 Å². The molecule has 0 atom stereocenters. The van der Waals surface area contributed by atoms with Crippen molar-refractivity contribution in [3.8, 4) is 11.8 Å². The Kier molecular flexibility index (Phi) is 6.20. The van der Waals surface area contributed by atoms with E-state index in [2.05, 4.69) is 6.07 Å². The summed E-state index contributed by atoms with van der Waals surface area (Å²) in [5.41, 5.74) is 2.64. The number of hydrogen-bond donors (Lipinski definition) is 1. The summed E-state index contributed by atoms with van der Waals surface area (Å²) in [5.74, 6) is -0.437. The SMILES string of the molecule is N#CC(=Cc1ccc(OCc2cccc([N+](=O)[O-])c2)cc1)c1ccc(C(=O)O)cc1. The fraction of sp³-hybridized carbons (Fsp3) is 0.0435. The number of nitro benzene ring substituents is 1. The molecule has 0 aromatic heterocycles. The molecular formula is C23H16N2O5. The Bertz CT molecular complexity index is 1140. The number of rotatable bonds is 7. The van der Waals surface area contributed by atoms with Crippen molar-refractivity contribution in [3.05, 3.63) is 105 Å². The predicted molar refractivity (Wildman–Crippen MR) is 111 cm³/mol. The number of carboxylic acids is 1. The molecule has 7 heteroatoms. The molecule has 1 N–H and O–H groups in total. The van der Waals surface area contributed by atoms with E-state index in [1.54, 1.807) is 54.6 Å². The van der Waals surface area contributed by atoms with E-state index >= 15 is 0 Å². The third-order valence-corrected chi connectivity index (χ3v) is 4.28. The van der Waals surface area contributed by atoms with E-state index in [1.165, 1.54) is 24.3 Å². The van der Waals surface area contributed by atoms with Crippen LogP contribution in [0.1, 0.15) is 27.0 Å². The molecule has 148 valence electrons. The molecule has 0 saturated heterocycles. The van der Waals surface area contributed by atoms with Gasteiger partial charge >= 0.3 is 5.97 Å². The highest BCUT2D eigenvalue weighted by molar-refractivity contribution is 5.92. The topological polar surface area (TPSA) is 113 Å². The molecule has 0 aliphatic heterocycles. The van der Waals surface area contributed by atoms with Gasteiger partial charge in [0.2, 0.25) is 0 Å². The number of ether oxygens (including phenoxy) is 1. The number of carbonyl (C=O) groups is 1. The smallest absolute Gasteiger partial charge is 0.335 e. The number of carboxylic acid groups (broad SMARTS) is 1. The van der Waals surface area contributed by atoms with E-state index < -0.39 is 10.9 Å². The zero-order valence-electron chi connectivity index (χ0n) is 15.7. The van der Waals surface area contributed by atoms with E-state index in [1.807, 2.05) is 0 Å². The first-order chi connectivity index (χ1) is 14.5. The lowest BCUT2D eigenvalue weighted by Gasteiger charge is -2.07. The Hall–Kier alpha value is -4.44. The first-order valence-corrected chi connectivity index (χ1v) is 8.88. The second kappa shape index (κ2) is 9.17. The van der Waals surface area contributed by atoms with E-state index in [0.717, 1.165) is 5.56 Å². The van der Waals surface area contributed by atoms with Gasteiger partial charge < -0.3 is 9.84 Å². The molecule has 0 fully saturated rings. The first kappa shape index (κ1) is 20.3. The van der Waals surface area contributed by atoms with Gasteiger partial charge in [-0.05, 0) is 47.0 Å². The van der Waals surface area contributed by atoms with Crippen LogP contribution in [0, 0.1) is 21.4 Å². The predicted octanol–water partition coefficient (Wildman–Crippen LogP) is 4.94. The number of allylic oxidation sites excluding steroid dienone is 1. The normalized spacial score (nSPS) is 10.8. The summed E-state index contributed by atoms with van der Waals surface area (Å²) in [5, 5.41) is 29.2. The molecule has 0 amide bonds. The number of nitriles is 1. The van der Waals surface area contributed by atoms with Crippen molar-refractivity contribution in [2.45, 2.75) is 6.61 Å². The van der Waals surface area contributed by atoms with E-state index in [4.69, 9.17) is 9.84 Å². The monoisotopic (exact) mass is 400 g/mol. The van der Waals surface area contributed by atoms with Crippen LogP contribution >= 0.6 is 0 Å². The molecule has 0 saturated carbocycles. The van der Waals surface area contributed by atoms with Crippen molar-refractivity contribution < 1.29 is 19.6 Å². The fourth-order valence-electron chi connectivity index (χ4n) is 2.73.